The molecule has 2 N–H and O–H groups in total. The summed E-state index contributed by atoms with van der Waals surface area (Å²) in [4.78, 5) is 24.8. The lowest BCUT2D eigenvalue weighted by molar-refractivity contribution is 0.151. The number of aryl methyl sites for hydroxylation is 1. The fourth-order valence-electron chi connectivity index (χ4n) is 4.50. The SMILES string of the molecule is CCCOc1ccc(S(=O)(=O)N2CCN(CCO)CC2)cc1-c1nc(C)c(N(CC)C(C)C)c(=O)[nH]1. The van der Waals surface area contributed by atoms with Crippen molar-refractivity contribution in [2.45, 2.75) is 52.0 Å². The van der Waals surface area contributed by atoms with Crippen LogP contribution in [0.15, 0.2) is 27.9 Å². The molecule has 1 aliphatic rings. The number of benzene rings is 1. The number of nitrogens with one attached hydrogen (secondary N) is 1. The van der Waals surface area contributed by atoms with Crippen LogP contribution in [0.4, 0.5) is 5.69 Å². The predicted molar refractivity (Wildman–Crippen MR) is 141 cm³/mol. The van der Waals surface area contributed by atoms with Crippen LogP contribution < -0.4 is 15.2 Å². The molecule has 36 heavy (non-hydrogen) atoms. The number of hydrogen-bond acceptors (Lipinski definition) is 8. The molecule has 0 unspecified atom stereocenters. The predicted octanol–water partition coefficient (Wildman–Crippen LogP) is 2.07. The first-order valence-electron chi connectivity index (χ1n) is 12.6. The minimum Gasteiger partial charge on any atom is -0.493 e. The summed E-state index contributed by atoms with van der Waals surface area (Å²) in [5, 5.41) is 9.16. The van der Waals surface area contributed by atoms with Gasteiger partial charge in [-0.3, -0.25) is 9.69 Å². The summed E-state index contributed by atoms with van der Waals surface area (Å²) < 4.78 is 34.3. The Hall–Kier alpha value is -2.47. The van der Waals surface area contributed by atoms with E-state index in [2.05, 4.69) is 9.97 Å². The Bertz CT molecular complexity index is 1190. The first kappa shape index (κ1) is 28.1. The van der Waals surface area contributed by atoms with E-state index in [0.29, 0.717) is 68.6 Å². The molecule has 2 aromatic rings. The summed E-state index contributed by atoms with van der Waals surface area (Å²) in [6.45, 7) is 13.3. The minimum absolute atomic E-state index is 0.0475. The zero-order chi connectivity index (χ0) is 26.5. The van der Waals surface area contributed by atoms with E-state index >= 15 is 0 Å². The van der Waals surface area contributed by atoms with E-state index in [1.807, 2.05) is 37.5 Å². The van der Waals surface area contributed by atoms with Gasteiger partial charge in [0, 0.05) is 45.3 Å². The molecule has 0 aliphatic carbocycles. The Morgan fingerprint density at radius 1 is 1.19 bits per heavy atom. The van der Waals surface area contributed by atoms with Crippen LogP contribution in [0.2, 0.25) is 0 Å². The van der Waals surface area contributed by atoms with Crippen molar-refractivity contribution >= 4 is 15.7 Å². The van der Waals surface area contributed by atoms with E-state index in [4.69, 9.17) is 9.84 Å². The molecule has 1 aromatic carbocycles. The number of ether oxygens (including phenoxy) is 1. The molecule has 1 aromatic heterocycles. The molecule has 0 saturated carbocycles. The van der Waals surface area contributed by atoms with Gasteiger partial charge in [-0.1, -0.05) is 6.92 Å². The highest BCUT2D eigenvalue weighted by Crippen LogP contribution is 2.32. The number of anilines is 1. The monoisotopic (exact) mass is 521 g/mol. The van der Waals surface area contributed by atoms with Crippen molar-refractivity contribution in [3.63, 3.8) is 0 Å². The summed E-state index contributed by atoms with van der Waals surface area (Å²) in [6, 6.07) is 4.84. The third kappa shape index (κ3) is 6.08. The topological polar surface area (TPSA) is 119 Å². The number of sulfonamides is 1. The molecule has 1 saturated heterocycles. The fourth-order valence-corrected chi connectivity index (χ4v) is 5.95. The maximum Gasteiger partial charge on any atom is 0.275 e. The van der Waals surface area contributed by atoms with E-state index in [-0.39, 0.29) is 28.9 Å². The fraction of sp³-hybridized carbons (Fsp3) is 0.600. The standard InChI is InChI=1S/C25H39N5O5S/c1-6-16-35-22-9-8-20(36(33,34)29-12-10-28(11-13-29)14-15-31)17-21(22)24-26-19(5)23(25(32)27-24)30(7-2)18(3)4/h8-9,17-18,31H,6-7,10-16H2,1-5H3,(H,26,27,32). The molecule has 0 radical (unpaired) electrons. The summed E-state index contributed by atoms with van der Waals surface area (Å²) in [5.74, 6) is 0.743. The van der Waals surface area contributed by atoms with Crippen molar-refractivity contribution in [1.82, 2.24) is 19.2 Å². The largest absolute Gasteiger partial charge is 0.493 e. The van der Waals surface area contributed by atoms with E-state index in [1.165, 1.54) is 10.4 Å². The lowest BCUT2D eigenvalue weighted by Crippen LogP contribution is -2.49. The van der Waals surface area contributed by atoms with Crippen LogP contribution in [0.5, 0.6) is 5.75 Å². The molecule has 0 atom stereocenters. The Morgan fingerprint density at radius 2 is 1.89 bits per heavy atom. The molecule has 3 rings (SSSR count). The maximum atomic E-state index is 13.5. The van der Waals surface area contributed by atoms with Gasteiger partial charge in [0.25, 0.3) is 5.56 Å². The number of aromatic nitrogens is 2. The number of aliphatic hydroxyl groups excluding tert-OH is 1. The highest BCUT2D eigenvalue weighted by molar-refractivity contribution is 7.89. The van der Waals surface area contributed by atoms with Gasteiger partial charge in [0.05, 0.1) is 29.4 Å². The smallest absolute Gasteiger partial charge is 0.275 e. The number of aliphatic hydroxyl groups is 1. The van der Waals surface area contributed by atoms with Crippen LogP contribution in [0.25, 0.3) is 11.4 Å². The molecule has 1 aliphatic heterocycles. The average Bonchev–Trinajstić information content (AvgIpc) is 2.85. The summed E-state index contributed by atoms with van der Waals surface area (Å²) in [7, 11) is -3.76. The second kappa shape index (κ2) is 12.2. The minimum atomic E-state index is -3.76. The summed E-state index contributed by atoms with van der Waals surface area (Å²) in [6.07, 6.45) is 0.777. The first-order chi connectivity index (χ1) is 17.1. The van der Waals surface area contributed by atoms with Crippen molar-refractivity contribution in [3.05, 3.63) is 34.2 Å². The molecule has 0 amide bonds. The van der Waals surface area contributed by atoms with Crippen LogP contribution in [0, 0.1) is 6.92 Å². The number of nitrogens with zero attached hydrogens (tertiary/aromatic N) is 4. The van der Waals surface area contributed by atoms with Gasteiger partial charge in [-0.25, -0.2) is 13.4 Å². The van der Waals surface area contributed by atoms with Crippen molar-refractivity contribution in [2.75, 3.05) is 57.4 Å². The zero-order valence-corrected chi connectivity index (χ0v) is 22.8. The molecular weight excluding hydrogens is 482 g/mol. The van der Waals surface area contributed by atoms with Gasteiger partial charge in [-0.05, 0) is 52.3 Å². The number of H-pyrrole nitrogens is 1. The van der Waals surface area contributed by atoms with Gasteiger partial charge in [-0.2, -0.15) is 4.31 Å². The average molecular weight is 522 g/mol. The zero-order valence-electron chi connectivity index (χ0n) is 22.0. The normalized spacial score (nSPS) is 15.4. The lowest BCUT2D eigenvalue weighted by atomic mass is 10.1. The lowest BCUT2D eigenvalue weighted by Gasteiger charge is -2.33. The first-order valence-corrected chi connectivity index (χ1v) is 14.1. The van der Waals surface area contributed by atoms with E-state index in [0.717, 1.165) is 6.42 Å². The molecule has 2 heterocycles. The van der Waals surface area contributed by atoms with E-state index in [9.17, 15) is 13.2 Å². The molecule has 1 fully saturated rings. The second-order valence-electron chi connectivity index (χ2n) is 9.20. The Labute approximate surface area is 214 Å². The van der Waals surface area contributed by atoms with Crippen LogP contribution >= 0.6 is 0 Å². The van der Waals surface area contributed by atoms with Gasteiger partial charge in [0.1, 0.15) is 17.3 Å². The van der Waals surface area contributed by atoms with Gasteiger partial charge in [-0.15, -0.1) is 0 Å². The molecule has 10 nitrogen and oxygen atoms in total. The van der Waals surface area contributed by atoms with Crippen LogP contribution in [0.1, 0.15) is 39.8 Å². The Balaban J connectivity index is 2.03. The number of piperazine rings is 1. The number of β-amino-alcohol motifs (C(OH)–C–C–N with tert-alkyl or cyclic N) is 1. The van der Waals surface area contributed by atoms with E-state index < -0.39 is 10.0 Å². The van der Waals surface area contributed by atoms with Gasteiger partial charge >= 0.3 is 0 Å². The second-order valence-corrected chi connectivity index (χ2v) is 11.1. The highest BCUT2D eigenvalue weighted by Gasteiger charge is 2.29. The van der Waals surface area contributed by atoms with Crippen LogP contribution in [-0.2, 0) is 10.0 Å². The summed E-state index contributed by atoms with van der Waals surface area (Å²) >= 11 is 0. The van der Waals surface area contributed by atoms with Gasteiger partial charge in [0.15, 0.2) is 0 Å². The molecule has 200 valence electrons. The van der Waals surface area contributed by atoms with Gasteiger partial charge < -0.3 is 19.7 Å². The summed E-state index contributed by atoms with van der Waals surface area (Å²) in [5.41, 5.74) is 1.24. The number of aromatic amines is 1. The number of hydrogen-bond donors (Lipinski definition) is 2. The highest BCUT2D eigenvalue weighted by atomic mass is 32.2. The van der Waals surface area contributed by atoms with Crippen LogP contribution in [-0.4, -0.2) is 91.2 Å². The maximum absolute atomic E-state index is 13.5. The number of rotatable bonds is 11. The van der Waals surface area contributed by atoms with Gasteiger partial charge in [0.2, 0.25) is 10.0 Å². The third-order valence-corrected chi connectivity index (χ3v) is 8.27. The molecule has 11 heteroatoms. The van der Waals surface area contributed by atoms with Crippen molar-refractivity contribution in [3.8, 4) is 17.1 Å². The van der Waals surface area contributed by atoms with Crippen molar-refractivity contribution < 1.29 is 18.3 Å². The quantitative estimate of drug-likeness (QED) is 0.461. The van der Waals surface area contributed by atoms with Crippen molar-refractivity contribution in [1.29, 1.82) is 0 Å². The van der Waals surface area contributed by atoms with Crippen molar-refractivity contribution in [2.24, 2.45) is 0 Å². The molecular formula is C25H39N5O5S. The molecule has 0 bridgehead atoms. The van der Waals surface area contributed by atoms with Crippen LogP contribution in [0.3, 0.4) is 0 Å². The Morgan fingerprint density at radius 3 is 2.44 bits per heavy atom. The Kier molecular flexibility index (Phi) is 9.51. The van der Waals surface area contributed by atoms with E-state index in [1.54, 1.807) is 19.1 Å². The molecule has 0 spiro atoms. The third-order valence-electron chi connectivity index (χ3n) is 6.37.